The number of thiophene rings is 1. The Hall–Kier alpha value is -2.05. The van der Waals surface area contributed by atoms with Gasteiger partial charge in [-0.2, -0.15) is 11.8 Å². The van der Waals surface area contributed by atoms with Crippen molar-refractivity contribution in [2.45, 2.75) is 12.5 Å². The number of benzene rings is 1. The Kier molecular flexibility index (Phi) is 5.72. The maximum absolute atomic E-state index is 12.3. The maximum Gasteiger partial charge on any atom is 0.244 e. The van der Waals surface area contributed by atoms with Crippen molar-refractivity contribution in [3.05, 3.63) is 58.6 Å². The van der Waals surface area contributed by atoms with Gasteiger partial charge in [-0.05, 0) is 48.1 Å². The van der Waals surface area contributed by atoms with E-state index in [9.17, 15) is 4.79 Å². The highest BCUT2D eigenvalue weighted by molar-refractivity contribution is 7.98. The fourth-order valence-electron chi connectivity index (χ4n) is 2.41. The van der Waals surface area contributed by atoms with E-state index in [1.807, 2.05) is 47.9 Å². The maximum atomic E-state index is 12.3. The standard InChI is InChI=1S/C18H19N3OS2/c1-23-12-10-16(18-20-14-6-2-3-7-15(14)21-18)19-17(22)9-8-13-5-4-11-24-13/h2-9,11,16H,10,12H2,1H3,(H,19,22)(H,20,21)/b9-8+/t16-/m0/s1. The van der Waals surface area contributed by atoms with E-state index >= 15 is 0 Å². The third-order valence-electron chi connectivity index (χ3n) is 3.61. The first-order valence-corrected chi connectivity index (χ1v) is 9.99. The van der Waals surface area contributed by atoms with Crippen LogP contribution in [0.3, 0.4) is 0 Å². The molecule has 1 amide bonds. The number of aromatic amines is 1. The summed E-state index contributed by atoms with van der Waals surface area (Å²) in [7, 11) is 0. The summed E-state index contributed by atoms with van der Waals surface area (Å²) in [6.07, 6.45) is 6.32. The van der Waals surface area contributed by atoms with Gasteiger partial charge in [0.25, 0.3) is 0 Å². The van der Waals surface area contributed by atoms with Crippen molar-refractivity contribution < 1.29 is 4.79 Å². The van der Waals surface area contributed by atoms with Crippen LogP contribution in [-0.2, 0) is 4.79 Å². The molecule has 124 valence electrons. The molecule has 0 saturated carbocycles. The van der Waals surface area contributed by atoms with Crippen molar-refractivity contribution in [2.75, 3.05) is 12.0 Å². The molecule has 0 aliphatic rings. The van der Waals surface area contributed by atoms with E-state index in [0.29, 0.717) is 0 Å². The highest BCUT2D eigenvalue weighted by atomic mass is 32.2. The molecule has 0 fully saturated rings. The van der Waals surface area contributed by atoms with E-state index in [2.05, 4.69) is 21.5 Å². The fraction of sp³-hybridized carbons (Fsp3) is 0.222. The van der Waals surface area contributed by atoms with Gasteiger partial charge in [0, 0.05) is 11.0 Å². The molecule has 0 radical (unpaired) electrons. The molecule has 0 unspecified atom stereocenters. The second kappa shape index (κ2) is 8.17. The molecule has 24 heavy (non-hydrogen) atoms. The zero-order valence-electron chi connectivity index (χ0n) is 13.4. The van der Waals surface area contributed by atoms with Gasteiger partial charge in [0.05, 0.1) is 17.1 Å². The molecule has 2 N–H and O–H groups in total. The first kappa shape index (κ1) is 16.8. The second-order valence-corrected chi connectivity index (χ2v) is 7.30. The summed E-state index contributed by atoms with van der Waals surface area (Å²) in [5.41, 5.74) is 1.91. The van der Waals surface area contributed by atoms with Gasteiger partial charge in [-0.25, -0.2) is 4.98 Å². The van der Waals surface area contributed by atoms with Gasteiger partial charge in [0.15, 0.2) is 0 Å². The minimum Gasteiger partial charge on any atom is -0.343 e. The Morgan fingerprint density at radius 2 is 2.25 bits per heavy atom. The zero-order valence-corrected chi connectivity index (χ0v) is 15.0. The second-order valence-electron chi connectivity index (χ2n) is 5.33. The van der Waals surface area contributed by atoms with Crippen molar-refractivity contribution in [3.63, 3.8) is 0 Å². The van der Waals surface area contributed by atoms with Crippen LogP contribution in [0.1, 0.15) is 23.2 Å². The average molecular weight is 358 g/mol. The minimum absolute atomic E-state index is 0.102. The molecule has 1 aromatic carbocycles. The average Bonchev–Trinajstić information content (AvgIpc) is 3.25. The lowest BCUT2D eigenvalue weighted by molar-refractivity contribution is -0.117. The number of imidazole rings is 1. The molecule has 1 atom stereocenters. The van der Waals surface area contributed by atoms with Crippen molar-refractivity contribution in [2.24, 2.45) is 0 Å². The van der Waals surface area contributed by atoms with Crippen molar-refractivity contribution in [1.29, 1.82) is 0 Å². The number of H-pyrrole nitrogens is 1. The van der Waals surface area contributed by atoms with Crippen LogP contribution in [0.5, 0.6) is 0 Å². The number of para-hydroxylation sites is 2. The Morgan fingerprint density at radius 3 is 3.00 bits per heavy atom. The molecule has 6 heteroatoms. The van der Waals surface area contributed by atoms with Crippen LogP contribution in [0.4, 0.5) is 0 Å². The number of carbonyl (C=O) groups excluding carboxylic acids is 1. The summed E-state index contributed by atoms with van der Waals surface area (Å²) in [4.78, 5) is 21.3. The number of hydrogen-bond acceptors (Lipinski definition) is 4. The smallest absolute Gasteiger partial charge is 0.244 e. The van der Waals surface area contributed by atoms with E-state index in [-0.39, 0.29) is 11.9 Å². The number of nitrogens with one attached hydrogen (secondary N) is 2. The third kappa shape index (κ3) is 4.27. The predicted molar refractivity (Wildman–Crippen MR) is 103 cm³/mol. The lowest BCUT2D eigenvalue weighted by Gasteiger charge is -2.15. The van der Waals surface area contributed by atoms with Crippen LogP contribution in [0.2, 0.25) is 0 Å². The normalized spacial score (nSPS) is 12.7. The molecule has 0 bridgehead atoms. The van der Waals surface area contributed by atoms with E-state index < -0.39 is 0 Å². The van der Waals surface area contributed by atoms with E-state index in [4.69, 9.17) is 0 Å². The summed E-state index contributed by atoms with van der Waals surface area (Å²) in [6, 6.07) is 11.7. The number of hydrogen-bond donors (Lipinski definition) is 2. The first-order valence-electron chi connectivity index (χ1n) is 7.72. The number of thioether (sulfide) groups is 1. The van der Waals surface area contributed by atoms with Crippen molar-refractivity contribution in [1.82, 2.24) is 15.3 Å². The van der Waals surface area contributed by atoms with Gasteiger partial charge in [-0.1, -0.05) is 18.2 Å². The molecular formula is C18H19N3OS2. The molecule has 3 aromatic rings. The van der Waals surface area contributed by atoms with Crippen LogP contribution < -0.4 is 5.32 Å². The summed E-state index contributed by atoms with van der Waals surface area (Å²) in [5, 5.41) is 5.06. The lowest BCUT2D eigenvalue weighted by atomic mass is 10.2. The lowest BCUT2D eigenvalue weighted by Crippen LogP contribution is -2.28. The highest BCUT2D eigenvalue weighted by Crippen LogP contribution is 2.20. The predicted octanol–water partition coefficient (Wildman–Crippen LogP) is 4.25. The summed E-state index contributed by atoms with van der Waals surface area (Å²) in [6.45, 7) is 0. The Bertz CT molecular complexity index is 791. The Labute approximate surface area is 149 Å². The van der Waals surface area contributed by atoms with Gasteiger partial charge in [0.1, 0.15) is 5.82 Å². The van der Waals surface area contributed by atoms with E-state index in [0.717, 1.165) is 33.9 Å². The first-order chi connectivity index (χ1) is 11.8. The summed E-state index contributed by atoms with van der Waals surface area (Å²) in [5.74, 6) is 1.66. The summed E-state index contributed by atoms with van der Waals surface area (Å²) < 4.78 is 0. The zero-order chi connectivity index (χ0) is 16.8. The number of aromatic nitrogens is 2. The SMILES string of the molecule is CSCC[C@H](NC(=O)/C=C/c1cccs1)c1nc2ccccc2[nH]1. The van der Waals surface area contributed by atoms with Gasteiger partial charge in [-0.3, -0.25) is 4.79 Å². The molecule has 0 saturated heterocycles. The number of carbonyl (C=O) groups is 1. The third-order valence-corrected chi connectivity index (χ3v) is 5.09. The van der Waals surface area contributed by atoms with Gasteiger partial charge >= 0.3 is 0 Å². The van der Waals surface area contributed by atoms with Crippen molar-refractivity contribution >= 4 is 46.1 Å². The van der Waals surface area contributed by atoms with Crippen LogP contribution in [-0.4, -0.2) is 27.9 Å². The largest absolute Gasteiger partial charge is 0.343 e. The van der Waals surface area contributed by atoms with Gasteiger partial charge in [-0.15, -0.1) is 11.3 Å². The Morgan fingerprint density at radius 1 is 1.38 bits per heavy atom. The molecule has 3 rings (SSSR count). The molecule has 0 spiro atoms. The monoisotopic (exact) mass is 357 g/mol. The van der Waals surface area contributed by atoms with Crippen molar-refractivity contribution in [3.8, 4) is 0 Å². The quantitative estimate of drug-likeness (QED) is 0.622. The minimum atomic E-state index is -0.120. The van der Waals surface area contributed by atoms with E-state index in [1.54, 1.807) is 29.2 Å². The molecule has 0 aliphatic carbocycles. The van der Waals surface area contributed by atoms with Crippen LogP contribution in [0, 0.1) is 0 Å². The highest BCUT2D eigenvalue weighted by Gasteiger charge is 2.17. The molecule has 4 nitrogen and oxygen atoms in total. The van der Waals surface area contributed by atoms with Gasteiger partial charge < -0.3 is 10.3 Å². The number of amides is 1. The van der Waals surface area contributed by atoms with Crippen LogP contribution in [0.25, 0.3) is 17.1 Å². The fourth-order valence-corrected chi connectivity index (χ4v) is 3.50. The number of rotatable bonds is 7. The molecule has 2 heterocycles. The topological polar surface area (TPSA) is 57.8 Å². The summed E-state index contributed by atoms with van der Waals surface area (Å²) >= 11 is 3.37. The Balaban J connectivity index is 1.74. The molecule has 2 aromatic heterocycles. The van der Waals surface area contributed by atoms with Crippen LogP contribution >= 0.6 is 23.1 Å². The number of fused-ring (bicyclic) bond motifs is 1. The molecular weight excluding hydrogens is 338 g/mol. The van der Waals surface area contributed by atoms with Gasteiger partial charge in [0.2, 0.25) is 5.91 Å². The number of nitrogens with zero attached hydrogens (tertiary/aromatic N) is 1. The van der Waals surface area contributed by atoms with Crippen LogP contribution in [0.15, 0.2) is 47.9 Å². The van der Waals surface area contributed by atoms with E-state index in [1.165, 1.54) is 0 Å². The molecule has 0 aliphatic heterocycles.